The molecule has 0 bridgehead atoms. The van der Waals surface area contributed by atoms with Crippen LogP contribution in [0, 0.1) is 0 Å². The molecule has 8 nitrogen and oxygen atoms in total. The monoisotopic (exact) mass is 435 g/mol. The number of halogens is 6. The highest BCUT2D eigenvalue weighted by Gasteiger charge is 2.60. The third kappa shape index (κ3) is 2.96. The van der Waals surface area contributed by atoms with E-state index in [0.29, 0.717) is 0 Å². The van der Waals surface area contributed by atoms with Crippen LogP contribution in [-0.2, 0) is 5.41 Å². The fraction of sp³-hybridized carbons (Fsp3) is 0.333. The lowest BCUT2D eigenvalue weighted by Crippen LogP contribution is -2.46. The number of urea groups is 1. The first-order chi connectivity index (χ1) is 13.5. The summed E-state index contributed by atoms with van der Waals surface area (Å²) in [4.78, 5) is 17.4. The van der Waals surface area contributed by atoms with Crippen molar-refractivity contribution in [2.24, 2.45) is 0 Å². The van der Waals surface area contributed by atoms with Gasteiger partial charge in [0.25, 0.3) is 6.43 Å². The lowest BCUT2D eigenvalue weighted by molar-refractivity contribution is -0.181. The summed E-state index contributed by atoms with van der Waals surface area (Å²) in [6.07, 6.45) is -6.48. The molecule has 0 saturated heterocycles. The van der Waals surface area contributed by atoms with Gasteiger partial charge in [-0.3, -0.25) is 15.3 Å². The van der Waals surface area contributed by atoms with E-state index >= 15 is 0 Å². The molecule has 0 fully saturated rings. The minimum absolute atomic E-state index is 0.0608. The highest BCUT2D eigenvalue weighted by Crippen LogP contribution is 2.50. The summed E-state index contributed by atoms with van der Waals surface area (Å²) in [6.45, 7) is 0.152. The summed E-state index contributed by atoms with van der Waals surface area (Å²) in [5, 5.41) is 11.5. The Labute approximate surface area is 163 Å². The van der Waals surface area contributed by atoms with E-state index in [-0.39, 0.29) is 28.0 Å². The van der Waals surface area contributed by atoms with Gasteiger partial charge < -0.3 is 0 Å². The van der Waals surface area contributed by atoms with Gasteiger partial charge in [-0.05, 0) is 6.92 Å². The predicted molar refractivity (Wildman–Crippen MR) is 91.3 cm³/mol. The Kier molecular flexibility index (Phi) is 4.19. The minimum atomic E-state index is -4.74. The van der Waals surface area contributed by atoms with Crippen molar-refractivity contribution >= 4 is 34.8 Å². The Morgan fingerprint density at radius 1 is 1.38 bits per heavy atom. The summed E-state index contributed by atoms with van der Waals surface area (Å²) in [7, 11) is 0. The van der Waals surface area contributed by atoms with E-state index in [1.165, 1.54) is 6.07 Å². The summed E-state index contributed by atoms with van der Waals surface area (Å²) in [5.74, 6) is -0.261. The lowest BCUT2D eigenvalue weighted by Gasteiger charge is -2.28. The third-order valence-electron chi connectivity index (χ3n) is 4.66. The molecule has 4 heterocycles. The molecular formula is C15H11ClF5N7O. The molecule has 29 heavy (non-hydrogen) atoms. The molecule has 1 aliphatic heterocycles. The topological polar surface area (TPSA) is 91.2 Å². The molecule has 1 atom stereocenters. The normalized spacial score (nSPS) is 19.2. The van der Waals surface area contributed by atoms with Crippen molar-refractivity contribution in [3.63, 3.8) is 0 Å². The van der Waals surface area contributed by atoms with E-state index in [2.05, 4.69) is 20.5 Å². The summed E-state index contributed by atoms with van der Waals surface area (Å²) < 4.78 is 68.1. The molecule has 0 aliphatic carbocycles. The second-order valence-electron chi connectivity index (χ2n) is 6.58. The van der Waals surface area contributed by atoms with E-state index in [1.54, 1.807) is 0 Å². The smallest absolute Gasteiger partial charge is 0.290 e. The second-order valence-corrected chi connectivity index (χ2v) is 6.97. The number of aromatic nitrogens is 5. The number of fused-ring (bicyclic) bond motifs is 3. The molecule has 2 N–H and O–H groups in total. The fourth-order valence-corrected chi connectivity index (χ4v) is 3.35. The van der Waals surface area contributed by atoms with Gasteiger partial charge in [-0.25, -0.2) is 23.1 Å². The molecule has 0 radical (unpaired) electrons. The van der Waals surface area contributed by atoms with Gasteiger partial charge in [0, 0.05) is 18.7 Å². The first-order valence-corrected chi connectivity index (χ1v) is 8.42. The predicted octanol–water partition coefficient (Wildman–Crippen LogP) is 3.92. The van der Waals surface area contributed by atoms with Crippen LogP contribution in [0.4, 0.5) is 38.3 Å². The van der Waals surface area contributed by atoms with E-state index in [1.807, 2.05) is 5.10 Å². The summed E-state index contributed by atoms with van der Waals surface area (Å²) >= 11 is 5.81. The first-order valence-electron chi connectivity index (χ1n) is 8.05. The van der Waals surface area contributed by atoms with Crippen LogP contribution in [0.3, 0.4) is 0 Å². The van der Waals surface area contributed by atoms with E-state index in [9.17, 15) is 26.7 Å². The number of anilines is 2. The highest BCUT2D eigenvalue weighted by atomic mass is 35.5. The van der Waals surface area contributed by atoms with Crippen LogP contribution in [-0.4, -0.2) is 43.5 Å². The van der Waals surface area contributed by atoms with Gasteiger partial charge in [0.1, 0.15) is 11.1 Å². The molecular weight excluding hydrogens is 425 g/mol. The summed E-state index contributed by atoms with van der Waals surface area (Å²) in [5.41, 5.74) is -3.39. The lowest BCUT2D eigenvalue weighted by atomic mass is 9.88. The second kappa shape index (κ2) is 6.27. The average Bonchev–Trinajstić information content (AvgIpc) is 3.29. The molecule has 2 amide bonds. The number of amides is 2. The van der Waals surface area contributed by atoms with Crippen molar-refractivity contribution in [3.05, 3.63) is 34.9 Å². The number of carbonyl (C=O) groups excluding carboxylic acids is 1. The highest BCUT2D eigenvalue weighted by molar-refractivity contribution is 6.29. The molecule has 3 aromatic heterocycles. The van der Waals surface area contributed by atoms with Gasteiger partial charge in [0.15, 0.2) is 16.6 Å². The molecule has 4 rings (SSSR count). The van der Waals surface area contributed by atoms with Crippen molar-refractivity contribution in [1.29, 1.82) is 0 Å². The Hall–Kier alpha value is -2.96. The Balaban J connectivity index is 1.77. The van der Waals surface area contributed by atoms with Crippen LogP contribution >= 0.6 is 11.6 Å². The Morgan fingerprint density at radius 3 is 2.72 bits per heavy atom. The number of nitrogens with one attached hydrogen (secondary N) is 2. The van der Waals surface area contributed by atoms with Crippen LogP contribution in [0.2, 0.25) is 5.15 Å². The van der Waals surface area contributed by atoms with Crippen molar-refractivity contribution in [2.45, 2.75) is 24.9 Å². The maximum Gasteiger partial charge on any atom is 0.401 e. The number of hydrogen-bond acceptors (Lipinski definition) is 4. The maximum atomic E-state index is 14.0. The molecule has 0 spiro atoms. The molecule has 154 valence electrons. The maximum absolute atomic E-state index is 14.0. The van der Waals surface area contributed by atoms with Gasteiger partial charge in [-0.15, -0.1) is 0 Å². The number of nitrogens with zero attached hydrogens (tertiary/aromatic N) is 5. The zero-order valence-electron chi connectivity index (χ0n) is 14.4. The quantitative estimate of drug-likeness (QED) is 0.597. The third-order valence-corrected chi connectivity index (χ3v) is 4.85. The summed E-state index contributed by atoms with van der Waals surface area (Å²) in [6, 6.07) is 1.18. The number of H-pyrrole nitrogens is 1. The molecule has 14 heteroatoms. The van der Waals surface area contributed by atoms with Crippen LogP contribution < -0.4 is 10.2 Å². The van der Waals surface area contributed by atoms with Gasteiger partial charge in [0.2, 0.25) is 0 Å². The van der Waals surface area contributed by atoms with E-state index < -0.39 is 36.3 Å². The Morgan fingerprint density at radius 2 is 2.10 bits per heavy atom. The molecule has 0 unspecified atom stereocenters. The fourth-order valence-electron chi connectivity index (χ4n) is 3.18. The van der Waals surface area contributed by atoms with Gasteiger partial charge in [-0.2, -0.15) is 23.4 Å². The molecule has 1 aliphatic rings. The van der Waals surface area contributed by atoms with Crippen molar-refractivity contribution in [1.82, 2.24) is 24.8 Å². The zero-order valence-corrected chi connectivity index (χ0v) is 15.2. The van der Waals surface area contributed by atoms with Crippen molar-refractivity contribution in [2.75, 3.05) is 16.8 Å². The van der Waals surface area contributed by atoms with Gasteiger partial charge in [-0.1, -0.05) is 11.6 Å². The van der Waals surface area contributed by atoms with Crippen molar-refractivity contribution < 1.29 is 26.7 Å². The number of alkyl halides is 5. The molecule has 0 aromatic carbocycles. The number of hydrogen-bond donors (Lipinski definition) is 2. The molecule has 0 saturated carbocycles. The Bertz CT molecular complexity index is 1110. The van der Waals surface area contributed by atoms with E-state index in [4.69, 9.17) is 11.6 Å². The van der Waals surface area contributed by atoms with Crippen LogP contribution in [0.1, 0.15) is 24.7 Å². The van der Waals surface area contributed by atoms with Crippen LogP contribution in [0.5, 0.6) is 0 Å². The number of carbonyl (C=O) groups is 1. The SMILES string of the molecule is C[C@@]1(C(F)(F)F)CN(C(=O)Nc2cc(C(F)F)[nH]n2)c2cnc3cc(Cl)nn3c21. The largest absolute Gasteiger partial charge is 0.401 e. The standard InChI is InChI=1S/C15H11ClF5N7O/c1-14(15(19,20)21)5-27(13(29)23-9-2-6(12(17)18)24-25-9)7-4-22-10-3-8(16)26-28(10)11(7)14/h2-4,12H,5H2,1H3,(H2,23,24,25,29)/t14-/m1/s1. The van der Waals surface area contributed by atoms with Crippen LogP contribution in [0.15, 0.2) is 18.3 Å². The minimum Gasteiger partial charge on any atom is -0.290 e. The van der Waals surface area contributed by atoms with Crippen LogP contribution in [0.25, 0.3) is 5.65 Å². The van der Waals surface area contributed by atoms with Crippen molar-refractivity contribution in [3.8, 4) is 0 Å². The van der Waals surface area contributed by atoms with Gasteiger partial charge >= 0.3 is 12.2 Å². The number of rotatable bonds is 2. The van der Waals surface area contributed by atoms with Gasteiger partial charge in [0.05, 0.1) is 17.6 Å². The molecule has 3 aromatic rings. The van der Waals surface area contributed by atoms with E-state index in [0.717, 1.165) is 28.6 Å². The number of aromatic amines is 1. The average molecular weight is 436 g/mol. The zero-order chi connectivity index (χ0) is 21.1. The first kappa shape index (κ1) is 19.4.